The van der Waals surface area contributed by atoms with Gasteiger partial charge in [-0.15, -0.1) is 0 Å². The highest BCUT2D eigenvalue weighted by atomic mass is 16.3. The first-order chi connectivity index (χ1) is 6.88. The predicted octanol–water partition coefficient (Wildman–Crippen LogP) is 1.42. The Morgan fingerprint density at radius 3 is 2.50 bits per heavy atom. The van der Waals surface area contributed by atoms with E-state index in [2.05, 4.69) is 16.7 Å². The van der Waals surface area contributed by atoms with Crippen molar-refractivity contribution in [2.75, 3.05) is 32.7 Å². The van der Waals surface area contributed by atoms with Crippen LogP contribution in [0.15, 0.2) is 22.8 Å². The molecule has 1 aromatic rings. The van der Waals surface area contributed by atoms with Crippen LogP contribution >= 0.6 is 0 Å². The largest absolute Gasteiger partial charge is 0.468 e. The van der Waals surface area contributed by atoms with Crippen molar-refractivity contribution in [1.29, 1.82) is 0 Å². The standard InChI is InChI=1S/C11H18N2O/c1-2-12-5-7-13(8-6-12)10-11-4-3-9-14-11/h3-4,9H,2,5-8,10H2,1H3. The minimum Gasteiger partial charge on any atom is -0.468 e. The lowest BCUT2D eigenvalue weighted by molar-refractivity contribution is 0.125. The summed E-state index contributed by atoms with van der Waals surface area (Å²) in [5, 5.41) is 0. The summed E-state index contributed by atoms with van der Waals surface area (Å²) >= 11 is 0. The first-order valence-electron chi connectivity index (χ1n) is 5.35. The van der Waals surface area contributed by atoms with Gasteiger partial charge >= 0.3 is 0 Å². The van der Waals surface area contributed by atoms with E-state index < -0.39 is 0 Å². The molecule has 0 bridgehead atoms. The lowest BCUT2D eigenvalue weighted by Crippen LogP contribution is -2.45. The first kappa shape index (κ1) is 9.74. The van der Waals surface area contributed by atoms with E-state index in [9.17, 15) is 0 Å². The molecule has 78 valence electrons. The molecule has 0 amide bonds. The van der Waals surface area contributed by atoms with Crippen molar-refractivity contribution in [3.8, 4) is 0 Å². The van der Waals surface area contributed by atoms with Crippen molar-refractivity contribution in [3.63, 3.8) is 0 Å². The molecule has 0 spiro atoms. The molecule has 14 heavy (non-hydrogen) atoms. The molecular weight excluding hydrogens is 176 g/mol. The zero-order valence-electron chi connectivity index (χ0n) is 8.78. The lowest BCUT2D eigenvalue weighted by Gasteiger charge is -2.33. The number of rotatable bonds is 3. The van der Waals surface area contributed by atoms with Gasteiger partial charge in [-0.25, -0.2) is 0 Å². The number of likely N-dealkylation sites (N-methyl/N-ethyl adjacent to an activating group) is 1. The quantitative estimate of drug-likeness (QED) is 0.725. The Morgan fingerprint density at radius 2 is 1.93 bits per heavy atom. The molecule has 3 nitrogen and oxygen atoms in total. The van der Waals surface area contributed by atoms with Crippen LogP contribution in [0.4, 0.5) is 0 Å². The van der Waals surface area contributed by atoms with Crippen molar-refractivity contribution >= 4 is 0 Å². The van der Waals surface area contributed by atoms with Gasteiger partial charge in [0, 0.05) is 26.2 Å². The Labute approximate surface area is 85.3 Å². The molecule has 1 fully saturated rings. The fourth-order valence-electron chi connectivity index (χ4n) is 1.89. The molecule has 2 rings (SSSR count). The summed E-state index contributed by atoms with van der Waals surface area (Å²) < 4.78 is 5.33. The van der Waals surface area contributed by atoms with Crippen LogP contribution in [0, 0.1) is 0 Å². The second-order valence-corrected chi connectivity index (χ2v) is 3.79. The van der Waals surface area contributed by atoms with Crippen LogP contribution in [0.25, 0.3) is 0 Å². The van der Waals surface area contributed by atoms with Gasteiger partial charge in [0.15, 0.2) is 0 Å². The first-order valence-corrected chi connectivity index (χ1v) is 5.35. The van der Waals surface area contributed by atoms with Gasteiger partial charge in [0.2, 0.25) is 0 Å². The molecule has 1 saturated heterocycles. The molecule has 1 aliphatic rings. The van der Waals surface area contributed by atoms with E-state index in [4.69, 9.17) is 4.42 Å². The van der Waals surface area contributed by atoms with Crippen molar-refractivity contribution in [2.45, 2.75) is 13.5 Å². The monoisotopic (exact) mass is 194 g/mol. The van der Waals surface area contributed by atoms with Gasteiger partial charge in [0.1, 0.15) is 5.76 Å². The molecule has 1 aromatic heterocycles. The topological polar surface area (TPSA) is 19.6 Å². The average molecular weight is 194 g/mol. The molecule has 1 aliphatic heterocycles. The van der Waals surface area contributed by atoms with Crippen molar-refractivity contribution in [1.82, 2.24) is 9.80 Å². The Hall–Kier alpha value is -0.800. The van der Waals surface area contributed by atoms with Gasteiger partial charge in [-0.1, -0.05) is 6.92 Å². The fraction of sp³-hybridized carbons (Fsp3) is 0.636. The van der Waals surface area contributed by atoms with Crippen LogP contribution in [0.3, 0.4) is 0 Å². The molecule has 3 heteroatoms. The van der Waals surface area contributed by atoms with Crippen LogP contribution in [0.1, 0.15) is 12.7 Å². The van der Waals surface area contributed by atoms with Crippen molar-refractivity contribution < 1.29 is 4.42 Å². The normalized spacial score (nSPS) is 20.1. The fourth-order valence-corrected chi connectivity index (χ4v) is 1.89. The summed E-state index contributed by atoms with van der Waals surface area (Å²) in [6.45, 7) is 9.07. The maximum absolute atomic E-state index is 5.33. The van der Waals surface area contributed by atoms with E-state index in [-0.39, 0.29) is 0 Å². The van der Waals surface area contributed by atoms with Gasteiger partial charge in [0.25, 0.3) is 0 Å². The Morgan fingerprint density at radius 1 is 1.21 bits per heavy atom. The molecule has 0 N–H and O–H groups in total. The van der Waals surface area contributed by atoms with E-state index >= 15 is 0 Å². The van der Waals surface area contributed by atoms with E-state index in [1.165, 1.54) is 19.6 Å². The van der Waals surface area contributed by atoms with Crippen LogP contribution < -0.4 is 0 Å². The summed E-state index contributed by atoms with van der Waals surface area (Å²) in [6, 6.07) is 4.00. The number of hydrogen-bond acceptors (Lipinski definition) is 3. The van der Waals surface area contributed by atoms with Gasteiger partial charge in [-0.3, -0.25) is 4.90 Å². The summed E-state index contributed by atoms with van der Waals surface area (Å²) in [4.78, 5) is 4.93. The highest BCUT2D eigenvalue weighted by Gasteiger charge is 2.15. The number of piperazine rings is 1. The van der Waals surface area contributed by atoms with Gasteiger partial charge in [0.05, 0.1) is 12.8 Å². The zero-order chi connectivity index (χ0) is 9.80. The van der Waals surface area contributed by atoms with Crippen molar-refractivity contribution in [2.24, 2.45) is 0 Å². The SMILES string of the molecule is CCN1CCN(Cc2ccco2)CC1. The van der Waals surface area contributed by atoms with Crippen LogP contribution in [-0.4, -0.2) is 42.5 Å². The molecule has 0 unspecified atom stereocenters. The summed E-state index contributed by atoms with van der Waals surface area (Å²) in [7, 11) is 0. The summed E-state index contributed by atoms with van der Waals surface area (Å²) in [5.41, 5.74) is 0. The molecule has 2 heterocycles. The highest BCUT2D eigenvalue weighted by Crippen LogP contribution is 2.08. The lowest BCUT2D eigenvalue weighted by atomic mass is 10.3. The van der Waals surface area contributed by atoms with E-state index in [0.717, 1.165) is 25.4 Å². The third kappa shape index (κ3) is 2.36. The summed E-state index contributed by atoms with van der Waals surface area (Å²) in [5.74, 6) is 1.08. The predicted molar refractivity (Wildman–Crippen MR) is 56.1 cm³/mol. The Bertz CT molecular complexity index is 250. The molecule has 0 aromatic carbocycles. The van der Waals surface area contributed by atoms with Gasteiger partial charge in [-0.2, -0.15) is 0 Å². The minimum atomic E-state index is 0.963. The number of nitrogens with zero attached hydrogens (tertiary/aromatic N) is 2. The molecule has 0 saturated carbocycles. The van der Waals surface area contributed by atoms with Crippen LogP contribution in [0.5, 0.6) is 0 Å². The van der Waals surface area contributed by atoms with Crippen LogP contribution in [-0.2, 0) is 6.54 Å². The van der Waals surface area contributed by atoms with Gasteiger partial charge in [-0.05, 0) is 18.7 Å². The second-order valence-electron chi connectivity index (χ2n) is 3.79. The maximum Gasteiger partial charge on any atom is 0.117 e. The van der Waals surface area contributed by atoms with E-state index in [1.54, 1.807) is 6.26 Å². The highest BCUT2D eigenvalue weighted by molar-refractivity contribution is 4.98. The number of furan rings is 1. The van der Waals surface area contributed by atoms with Crippen molar-refractivity contribution in [3.05, 3.63) is 24.2 Å². The number of hydrogen-bond donors (Lipinski definition) is 0. The molecule has 0 aliphatic carbocycles. The third-order valence-corrected chi connectivity index (χ3v) is 2.87. The second kappa shape index (κ2) is 4.62. The third-order valence-electron chi connectivity index (χ3n) is 2.87. The zero-order valence-corrected chi connectivity index (χ0v) is 8.78. The average Bonchev–Trinajstić information content (AvgIpc) is 2.72. The smallest absolute Gasteiger partial charge is 0.117 e. The van der Waals surface area contributed by atoms with E-state index in [1.807, 2.05) is 12.1 Å². The molecule has 0 atom stereocenters. The maximum atomic E-state index is 5.33. The minimum absolute atomic E-state index is 0.963. The molecule has 0 radical (unpaired) electrons. The summed E-state index contributed by atoms with van der Waals surface area (Å²) in [6.07, 6.45) is 1.75. The molecular formula is C11H18N2O. The van der Waals surface area contributed by atoms with Gasteiger partial charge < -0.3 is 9.32 Å². The van der Waals surface area contributed by atoms with Crippen LogP contribution in [0.2, 0.25) is 0 Å². The Kier molecular flexibility index (Phi) is 3.22. The van der Waals surface area contributed by atoms with E-state index in [0.29, 0.717) is 0 Å². The Balaban J connectivity index is 1.79.